The molecule has 0 radical (unpaired) electrons. The molecule has 0 spiro atoms. The highest BCUT2D eigenvalue weighted by atomic mass is 16.8. The zero-order chi connectivity index (χ0) is 49.3. The molecule has 0 bridgehead atoms. The first-order valence-electron chi connectivity index (χ1n) is 23.8. The van der Waals surface area contributed by atoms with E-state index in [0.717, 1.165) is 57.8 Å². The van der Waals surface area contributed by atoms with Crippen LogP contribution in [0.5, 0.6) is 0 Å². The Hall–Kier alpha value is -2.78. The van der Waals surface area contributed by atoms with E-state index in [9.17, 15) is 29.4 Å². The number of hydrogen-bond acceptors (Lipinski definition) is 16. The Balaban J connectivity index is 1.34. The molecule has 1 aliphatic heterocycles. The number of carbonyl (C=O) groups is 4. The Kier molecular flexibility index (Phi) is 16.7. The van der Waals surface area contributed by atoms with E-state index in [0.29, 0.717) is 12.3 Å². The molecule has 0 amide bonds. The van der Waals surface area contributed by atoms with Gasteiger partial charge in [0.2, 0.25) is 6.10 Å². The molecule has 6 rings (SSSR count). The number of ether oxygens (including phenoxy) is 12. The maximum atomic E-state index is 13.8. The Morgan fingerprint density at radius 1 is 0.746 bits per heavy atom. The summed E-state index contributed by atoms with van der Waals surface area (Å²) in [5.41, 5.74) is 0.423. The van der Waals surface area contributed by atoms with Gasteiger partial charge in [-0.3, -0.25) is 4.79 Å². The number of methoxy groups -OCH3 is 5. The molecule has 1 saturated heterocycles. The number of allylic oxidation sites excluding steroid dienone is 2. The number of carboxylic acids is 2. The highest BCUT2D eigenvalue weighted by molar-refractivity contribution is 5.79. The van der Waals surface area contributed by atoms with Gasteiger partial charge in [0.15, 0.2) is 18.7 Å². The molecular formula is C49H78O18. The Morgan fingerprint density at radius 3 is 2.01 bits per heavy atom. The smallest absolute Gasteiger partial charge is 0.338 e. The molecule has 18 heteroatoms. The van der Waals surface area contributed by atoms with Crippen LogP contribution in [0.25, 0.3) is 0 Å². The molecule has 5 fully saturated rings. The van der Waals surface area contributed by atoms with Crippen LogP contribution in [0.2, 0.25) is 0 Å². The standard InChI is InChI=1S/C49H78O18/c1-44(2)19-21-49(43(55)60-12)22-20-47(6)28(29(49)23-44)13-14-31-46(5)17-16-32(45(3,4)30(46)15-18-48(31,47)7)65-42-37(63-26-57-9)35(34(62-25-56-8)36(67-42)40(54)59-11)66-41(61-24-33(50)51)38(39(52)53)64-27-58-10/h13,29-32,34-38,41-42H,14-27H2,1-12H3,(H,50,51)(H,52,53)/t29-,30?,31+,32-,34-,35-,36-,37+,38-,41-,42+,46-,47+,48+,49-/m0/s1. The number of aliphatic carboxylic acids is 2. The first-order chi connectivity index (χ1) is 31.5. The number of carboxylic acid groups (broad SMARTS) is 2. The summed E-state index contributed by atoms with van der Waals surface area (Å²) in [7, 11) is 6.78. The fourth-order valence-electron chi connectivity index (χ4n) is 14.1. The van der Waals surface area contributed by atoms with Crippen LogP contribution in [0.1, 0.15) is 113 Å². The van der Waals surface area contributed by atoms with Gasteiger partial charge in [0.1, 0.15) is 45.3 Å². The first kappa shape index (κ1) is 53.6. The van der Waals surface area contributed by atoms with Crippen molar-refractivity contribution in [3.8, 4) is 0 Å². The molecule has 6 aliphatic rings. The number of rotatable bonds is 20. The van der Waals surface area contributed by atoms with Gasteiger partial charge in [0.05, 0.1) is 25.7 Å². The van der Waals surface area contributed by atoms with Gasteiger partial charge in [-0.25, -0.2) is 14.4 Å². The predicted octanol–water partition coefficient (Wildman–Crippen LogP) is 6.11. The van der Waals surface area contributed by atoms with E-state index in [2.05, 4.69) is 54.5 Å². The maximum absolute atomic E-state index is 13.8. The van der Waals surface area contributed by atoms with Crippen LogP contribution in [0.3, 0.4) is 0 Å². The molecule has 0 aromatic heterocycles. The zero-order valence-electron chi connectivity index (χ0n) is 41.8. The summed E-state index contributed by atoms with van der Waals surface area (Å²) >= 11 is 0. The van der Waals surface area contributed by atoms with E-state index in [4.69, 9.17) is 56.8 Å². The fourth-order valence-corrected chi connectivity index (χ4v) is 14.1. The minimum absolute atomic E-state index is 0.0307. The minimum Gasteiger partial charge on any atom is -0.480 e. The van der Waals surface area contributed by atoms with Crippen molar-refractivity contribution >= 4 is 23.9 Å². The molecule has 67 heavy (non-hydrogen) atoms. The third kappa shape index (κ3) is 9.83. The van der Waals surface area contributed by atoms with E-state index >= 15 is 0 Å². The van der Waals surface area contributed by atoms with Crippen molar-refractivity contribution in [2.75, 3.05) is 62.5 Å². The van der Waals surface area contributed by atoms with Crippen molar-refractivity contribution in [3.63, 3.8) is 0 Å². The van der Waals surface area contributed by atoms with E-state index in [1.54, 1.807) is 0 Å². The van der Waals surface area contributed by atoms with E-state index in [-0.39, 0.29) is 53.1 Å². The third-order valence-electron chi connectivity index (χ3n) is 17.7. The second-order valence-corrected chi connectivity index (χ2v) is 21.9. The summed E-state index contributed by atoms with van der Waals surface area (Å²) in [4.78, 5) is 51.7. The van der Waals surface area contributed by atoms with Crippen LogP contribution in [0, 0.1) is 50.2 Å². The van der Waals surface area contributed by atoms with Gasteiger partial charge >= 0.3 is 23.9 Å². The maximum Gasteiger partial charge on any atom is 0.338 e. The van der Waals surface area contributed by atoms with Crippen molar-refractivity contribution in [2.45, 2.75) is 162 Å². The van der Waals surface area contributed by atoms with Crippen molar-refractivity contribution in [3.05, 3.63) is 11.6 Å². The normalized spacial score (nSPS) is 39.5. The summed E-state index contributed by atoms with van der Waals surface area (Å²) in [5.74, 6) is -3.18. The van der Waals surface area contributed by atoms with Crippen LogP contribution in [0.4, 0.5) is 0 Å². The zero-order valence-corrected chi connectivity index (χ0v) is 41.8. The molecule has 1 unspecified atom stereocenters. The Labute approximate surface area is 395 Å². The summed E-state index contributed by atoms with van der Waals surface area (Å²) < 4.78 is 69.4. The number of fused-ring (bicyclic) bond motifs is 7. The summed E-state index contributed by atoms with van der Waals surface area (Å²) in [6, 6.07) is 0. The lowest BCUT2D eigenvalue weighted by Crippen LogP contribution is -2.67. The van der Waals surface area contributed by atoms with E-state index in [1.165, 1.54) is 41.1 Å². The summed E-state index contributed by atoms with van der Waals surface area (Å²) in [6.45, 7) is 14.4. The molecule has 0 aromatic carbocycles. The van der Waals surface area contributed by atoms with Crippen molar-refractivity contribution in [1.29, 1.82) is 0 Å². The molecule has 1 heterocycles. The monoisotopic (exact) mass is 955 g/mol. The Bertz CT molecular complexity index is 1800. The molecule has 382 valence electrons. The lowest BCUT2D eigenvalue weighted by molar-refractivity contribution is -0.366. The van der Waals surface area contributed by atoms with Crippen molar-refractivity contribution in [1.82, 2.24) is 0 Å². The second kappa shape index (κ2) is 20.9. The van der Waals surface area contributed by atoms with Gasteiger partial charge in [-0.15, -0.1) is 0 Å². The van der Waals surface area contributed by atoms with E-state index in [1.807, 2.05) is 0 Å². The largest absolute Gasteiger partial charge is 0.480 e. The highest BCUT2D eigenvalue weighted by Crippen LogP contribution is 2.76. The lowest BCUT2D eigenvalue weighted by atomic mass is 9.33. The van der Waals surface area contributed by atoms with Crippen molar-refractivity contribution < 1.29 is 86.2 Å². The second-order valence-electron chi connectivity index (χ2n) is 21.9. The molecular weight excluding hydrogens is 877 g/mol. The quantitative estimate of drug-likeness (QED) is 0.0609. The van der Waals surface area contributed by atoms with Gasteiger partial charge in [0, 0.05) is 21.3 Å². The molecule has 4 saturated carbocycles. The molecule has 2 N–H and O–H groups in total. The van der Waals surface area contributed by atoms with E-state index < -0.39 is 91.3 Å². The minimum atomic E-state index is -1.91. The molecule has 15 atom stereocenters. The van der Waals surface area contributed by atoms with Crippen LogP contribution >= 0.6 is 0 Å². The molecule has 5 aliphatic carbocycles. The van der Waals surface area contributed by atoms with Crippen LogP contribution in [-0.4, -0.2) is 146 Å². The van der Waals surface area contributed by atoms with Crippen LogP contribution in [0.15, 0.2) is 11.6 Å². The SMILES string of the molecule is COCO[C@H]1[C@H](O[C@H]2CC[C@@]3(C)C(CC[C@]4(C)[C@@H]3CC=C3[C@@H]5CC(C)(C)CC[C@]5(C(=O)OC)CC[C@]34C)C2(C)C)O[C@H](C(=O)OC)[C@@H](OCOC)[C@@H]1O[C@H](OCC(=O)O)[C@@H](OCOC)C(=O)O. The molecule has 18 nitrogen and oxygen atoms in total. The topological polar surface area (TPSA) is 220 Å². The number of carbonyl (C=O) groups excluding carboxylic acids is 2. The third-order valence-corrected chi connectivity index (χ3v) is 17.7. The van der Waals surface area contributed by atoms with Gasteiger partial charge in [-0.2, -0.15) is 0 Å². The average molecular weight is 955 g/mol. The number of esters is 2. The lowest BCUT2D eigenvalue weighted by Gasteiger charge is -2.71. The summed E-state index contributed by atoms with van der Waals surface area (Å²) in [6.07, 6.45) is 0.143. The van der Waals surface area contributed by atoms with Crippen LogP contribution < -0.4 is 0 Å². The number of hydrogen-bond donors (Lipinski definition) is 2. The van der Waals surface area contributed by atoms with Gasteiger partial charge in [-0.05, 0) is 109 Å². The van der Waals surface area contributed by atoms with Gasteiger partial charge < -0.3 is 67.1 Å². The van der Waals surface area contributed by atoms with Gasteiger partial charge in [-0.1, -0.05) is 60.1 Å². The van der Waals surface area contributed by atoms with Gasteiger partial charge in [0.25, 0.3) is 0 Å². The predicted molar refractivity (Wildman–Crippen MR) is 237 cm³/mol. The highest BCUT2D eigenvalue weighted by Gasteiger charge is 2.70. The molecule has 0 aromatic rings. The average Bonchev–Trinajstić information content (AvgIpc) is 3.27. The Morgan fingerprint density at radius 2 is 1.40 bits per heavy atom. The first-order valence-corrected chi connectivity index (χ1v) is 23.8. The summed E-state index contributed by atoms with van der Waals surface area (Å²) in [5, 5.41) is 19.8. The fraction of sp³-hybridized carbons (Fsp3) is 0.878. The van der Waals surface area contributed by atoms with Crippen molar-refractivity contribution in [2.24, 2.45) is 50.2 Å². The van der Waals surface area contributed by atoms with Crippen LogP contribution in [-0.2, 0) is 76.0 Å².